The second kappa shape index (κ2) is 8.84. The minimum Gasteiger partial charge on any atom is -0.478 e. The van der Waals surface area contributed by atoms with Crippen LogP contribution in [0.3, 0.4) is 0 Å². The van der Waals surface area contributed by atoms with Gasteiger partial charge in [-0.15, -0.1) is 0 Å². The number of allylic oxidation sites excluding steroid dienone is 1. The van der Waals surface area contributed by atoms with Crippen molar-refractivity contribution in [1.82, 2.24) is 0 Å². The molecule has 0 unspecified atom stereocenters. The summed E-state index contributed by atoms with van der Waals surface area (Å²) in [6.45, 7) is 0.337. The maximum atomic E-state index is 12.0. The first-order valence-electron chi connectivity index (χ1n) is 7.45. The number of aromatic carboxylic acids is 1. The highest BCUT2D eigenvalue weighted by Gasteiger charge is 2.23. The van der Waals surface area contributed by atoms with Gasteiger partial charge in [-0.05, 0) is 24.3 Å². The van der Waals surface area contributed by atoms with Crippen LogP contribution in [0.1, 0.15) is 10.4 Å². The first-order chi connectivity index (χ1) is 12.3. The van der Waals surface area contributed by atoms with E-state index in [2.05, 4.69) is 21.2 Å². The van der Waals surface area contributed by atoms with Crippen LogP contribution < -0.4 is 15.2 Å². The minimum atomic E-state index is -4.22. The Morgan fingerprint density at radius 3 is 2.50 bits per heavy atom. The number of hydrogen-bond acceptors (Lipinski definition) is 5. The minimum absolute atomic E-state index is 0.0593. The first-order valence-corrected chi connectivity index (χ1v) is 10.1. The summed E-state index contributed by atoms with van der Waals surface area (Å²) in [6.07, 6.45) is 3.64. The topological polar surface area (TPSA) is 119 Å². The first kappa shape index (κ1) is 20.0. The highest BCUT2D eigenvalue weighted by atomic mass is 79.9. The van der Waals surface area contributed by atoms with E-state index in [1.54, 1.807) is 36.4 Å². The number of benzene rings is 2. The molecule has 0 fully saturated rings. The lowest BCUT2D eigenvalue weighted by molar-refractivity contribution is 0.0696. The van der Waals surface area contributed by atoms with Crippen molar-refractivity contribution in [2.75, 3.05) is 17.2 Å². The maximum absolute atomic E-state index is 12.0. The predicted molar refractivity (Wildman–Crippen MR) is 103 cm³/mol. The van der Waals surface area contributed by atoms with Crippen LogP contribution in [-0.4, -0.2) is 31.4 Å². The van der Waals surface area contributed by atoms with Crippen molar-refractivity contribution in [1.29, 1.82) is 0 Å². The van der Waals surface area contributed by atoms with E-state index in [4.69, 9.17) is 9.88 Å². The molecule has 2 aromatic rings. The van der Waals surface area contributed by atoms with Gasteiger partial charge in [0.25, 0.3) is 0 Å². The Bertz CT molecular complexity index is 914. The summed E-state index contributed by atoms with van der Waals surface area (Å²) in [5.41, 5.74) is -0.0154. The summed E-state index contributed by atoms with van der Waals surface area (Å²) < 4.78 is 29.7. The molecule has 0 amide bonds. The molecule has 0 heterocycles. The van der Waals surface area contributed by atoms with Crippen molar-refractivity contribution >= 4 is 37.6 Å². The van der Waals surface area contributed by atoms with E-state index in [-0.39, 0.29) is 17.0 Å². The average molecular weight is 441 g/mol. The highest BCUT2D eigenvalue weighted by Crippen LogP contribution is 2.37. The lowest BCUT2D eigenvalue weighted by Gasteiger charge is -2.16. The van der Waals surface area contributed by atoms with Crippen LogP contribution >= 0.6 is 15.9 Å². The van der Waals surface area contributed by atoms with Crippen molar-refractivity contribution in [2.24, 2.45) is 5.14 Å². The number of ether oxygens (including phenoxy) is 1. The van der Waals surface area contributed by atoms with Crippen LogP contribution in [-0.2, 0) is 10.0 Å². The lowest BCUT2D eigenvalue weighted by atomic mass is 10.2. The van der Waals surface area contributed by atoms with Gasteiger partial charge in [-0.3, -0.25) is 0 Å². The van der Waals surface area contributed by atoms with Gasteiger partial charge in [-0.2, -0.15) is 0 Å². The Morgan fingerprint density at radius 1 is 1.23 bits per heavy atom. The molecule has 0 atom stereocenters. The van der Waals surface area contributed by atoms with Crippen molar-refractivity contribution in [2.45, 2.75) is 4.90 Å². The number of nitrogens with two attached hydrogens (primary N) is 1. The average Bonchev–Trinajstić information content (AvgIpc) is 2.59. The number of para-hydroxylation sites is 1. The summed E-state index contributed by atoms with van der Waals surface area (Å²) in [6, 6.07) is 10.8. The molecular formula is C17H17BrN2O5S. The zero-order valence-corrected chi connectivity index (χ0v) is 16.0. The predicted octanol–water partition coefficient (Wildman–Crippen LogP) is 3.19. The van der Waals surface area contributed by atoms with Gasteiger partial charge in [0.2, 0.25) is 10.0 Å². The molecule has 0 aliphatic rings. The molecule has 2 aromatic carbocycles. The van der Waals surface area contributed by atoms with E-state index in [1.807, 2.05) is 6.08 Å². The molecule has 9 heteroatoms. The smallest absolute Gasteiger partial charge is 0.335 e. The number of carboxylic acid groups (broad SMARTS) is 1. The Morgan fingerprint density at radius 2 is 1.92 bits per heavy atom. The van der Waals surface area contributed by atoms with Crippen LogP contribution in [0.15, 0.2) is 59.5 Å². The molecule has 2 rings (SSSR count). The number of anilines is 1. The zero-order chi connectivity index (χ0) is 19.2. The summed E-state index contributed by atoms with van der Waals surface area (Å²) in [5, 5.41) is 18.2. The highest BCUT2D eigenvalue weighted by molar-refractivity contribution is 9.09. The normalized spacial score (nSPS) is 11.5. The molecule has 0 saturated carbocycles. The molecular weight excluding hydrogens is 424 g/mol. The van der Waals surface area contributed by atoms with Gasteiger partial charge in [0, 0.05) is 11.9 Å². The van der Waals surface area contributed by atoms with Crippen molar-refractivity contribution < 1.29 is 23.1 Å². The number of sulfonamides is 1. The number of rotatable bonds is 8. The second-order valence-electron chi connectivity index (χ2n) is 5.12. The number of halogens is 1. The molecule has 0 aromatic heterocycles. The number of carbonyl (C=O) groups is 1. The van der Waals surface area contributed by atoms with E-state index in [9.17, 15) is 18.3 Å². The second-order valence-corrected chi connectivity index (χ2v) is 7.30. The Labute approximate surface area is 159 Å². The van der Waals surface area contributed by atoms with Crippen molar-refractivity contribution in [3.05, 3.63) is 60.2 Å². The van der Waals surface area contributed by atoms with E-state index in [0.29, 0.717) is 17.6 Å². The van der Waals surface area contributed by atoms with Gasteiger partial charge in [0.15, 0.2) is 5.75 Å². The number of nitrogens with one attached hydrogen (secondary N) is 1. The Hall–Kier alpha value is -2.36. The molecule has 7 nitrogen and oxygen atoms in total. The molecule has 0 aliphatic heterocycles. The monoisotopic (exact) mass is 440 g/mol. The molecule has 138 valence electrons. The Kier molecular flexibility index (Phi) is 6.78. The van der Waals surface area contributed by atoms with Crippen LogP contribution in [0, 0.1) is 0 Å². The number of carboxylic acids is 1. The summed E-state index contributed by atoms with van der Waals surface area (Å²) >= 11 is 3.25. The Balaban J connectivity index is 2.58. The van der Waals surface area contributed by atoms with Gasteiger partial charge in [-0.25, -0.2) is 18.4 Å². The maximum Gasteiger partial charge on any atom is 0.335 e. The molecule has 26 heavy (non-hydrogen) atoms. The summed E-state index contributed by atoms with van der Waals surface area (Å²) in [4.78, 5) is 10.9. The van der Waals surface area contributed by atoms with Gasteiger partial charge in [0.1, 0.15) is 10.6 Å². The van der Waals surface area contributed by atoms with Gasteiger partial charge < -0.3 is 15.2 Å². The number of hydrogen-bond donors (Lipinski definition) is 3. The molecule has 0 spiro atoms. The fraction of sp³-hybridized carbons (Fsp3) is 0.118. The fourth-order valence-electron chi connectivity index (χ4n) is 2.10. The lowest BCUT2D eigenvalue weighted by Crippen LogP contribution is -2.16. The molecule has 0 aliphatic carbocycles. The third-order valence-electron chi connectivity index (χ3n) is 3.24. The van der Waals surface area contributed by atoms with E-state index in [1.165, 1.54) is 6.07 Å². The van der Waals surface area contributed by atoms with Crippen molar-refractivity contribution in [3.8, 4) is 11.5 Å². The van der Waals surface area contributed by atoms with Crippen LogP contribution in [0.2, 0.25) is 0 Å². The van der Waals surface area contributed by atoms with E-state index in [0.717, 1.165) is 6.07 Å². The number of primary sulfonamides is 1. The molecule has 0 saturated heterocycles. The van der Waals surface area contributed by atoms with Crippen LogP contribution in [0.25, 0.3) is 0 Å². The third kappa shape index (κ3) is 5.32. The van der Waals surface area contributed by atoms with E-state index >= 15 is 0 Å². The molecule has 4 N–H and O–H groups in total. The summed E-state index contributed by atoms with van der Waals surface area (Å²) in [7, 11) is -4.22. The quantitative estimate of drug-likeness (QED) is 0.428. The molecule has 0 bridgehead atoms. The largest absolute Gasteiger partial charge is 0.478 e. The SMILES string of the molecule is NS(=O)(=O)c1cc(C(=O)O)cc(NCC=CCBr)c1Oc1ccccc1. The molecule has 0 radical (unpaired) electrons. The summed E-state index contributed by atoms with van der Waals surface area (Å²) in [5.74, 6) is -0.948. The third-order valence-corrected chi connectivity index (χ3v) is 4.53. The van der Waals surface area contributed by atoms with Crippen LogP contribution in [0.5, 0.6) is 11.5 Å². The number of alkyl halides is 1. The van der Waals surface area contributed by atoms with Gasteiger partial charge in [-0.1, -0.05) is 46.3 Å². The van der Waals surface area contributed by atoms with E-state index < -0.39 is 20.9 Å². The van der Waals surface area contributed by atoms with Gasteiger partial charge >= 0.3 is 5.97 Å². The fourth-order valence-corrected chi connectivity index (χ4v) is 3.06. The van der Waals surface area contributed by atoms with Gasteiger partial charge in [0.05, 0.1) is 11.3 Å². The van der Waals surface area contributed by atoms with Crippen molar-refractivity contribution in [3.63, 3.8) is 0 Å². The van der Waals surface area contributed by atoms with Crippen LogP contribution in [0.4, 0.5) is 5.69 Å². The zero-order valence-electron chi connectivity index (χ0n) is 13.6. The standard InChI is InChI=1S/C17H17BrN2O5S/c18-8-4-5-9-20-14-10-12(17(21)22)11-15(26(19,23)24)16(14)25-13-6-2-1-3-7-13/h1-7,10-11,20H,8-9H2,(H,21,22)(H2,19,23,24).